The lowest BCUT2D eigenvalue weighted by atomic mass is 10.1. The van der Waals surface area contributed by atoms with Crippen molar-refractivity contribution in [3.63, 3.8) is 0 Å². The number of hydrazone groups is 3. The predicted molar refractivity (Wildman–Crippen MR) is 152 cm³/mol. The number of nitrogens with zero attached hydrogens (tertiary/aromatic N) is 5. The van der Waals surface area contributed by atoms with Crippen LogP contribution in [-0.4, -0.2) is 28.9 Å². The Hall–Kier alpha value is -5.23. The summed E-state index contributed by atoms with van der Waals surface area (Å²) in [5.74, 6) is -1.52. The molecule has 0 radical (unpaired) electrons. The number of anilines is 3. The molecule has 0 atom stereocenters. The van der Waals surface area contributed by atoms with Crippen molar-refractivity contribution in [2.45, 2.75) is 6.92 Å². The number of hydrogen-bond donors (Lipinski definition) is 4. The SMILES string of the molecule is C/C(=N\NC(=O)/C(C#N)=N/Nc1ccc(Cl)cc1)c1ccc(NC(=O)/C(C#N)=N/Nc2ccc(Cl)cc2)cc1. The first-order valence-corrected chi connectivity index (χ1v) is 11.8. The fraction of sp³-hybridized carbons (Fsp3) is 0.0385. The number of hydrogen-bond acceptors (Lipinski definition) is 9. The van der Waals surface area contributed by atoms with Gasteiger partial charge in [-0.15, -0.1) is 0 Å². The molecule has 3 rings (SSSR count). The topological polar surface area (TPSA) is 167 Å². The Labute approximate surface area is 233 Å². The van der Waals surface area contributed by atoms with Crippen LogP contribution in [0.1, 0.15) is 12.5 Å². The highest BCUT2D eigenvalue weighted by Gasteiger charge is 2.13. The molecule has 0 aliphatic heterocycles. The maximum absolute atomic E-state index is 12.4. The summed E-state index contributed by atoms with van der Waals surface area (Å²) in [4.78, 5) is 24.7. The fourth-order valence-corrected chi connectivity index (χ4v) is 3.03. The van der Waals surface area contributed by atoms with Gasteiger partial charge >= 0.3 is 5.91 Å². The van der Waals surface area contributed by atoms with E-state index < -0.39 is 17.5 Å². The van der Waals surface area contributed by atoms with Crippen LogP contribution in [-0.2, 0) is 9.59 Å². The first kappa shape index (κ1) is 28.3. The molecule has 0 aliphatic rings. The van der Waals surface area contributed by atoms with Crippen LogP contribution in [0, 0.1) is 22.7 Å². The third kappa shape index (κ3) is 8.68. The second kappa shape index (κ2) is 13.9. The van der Waals surface area contributed by atoms with E-state index in [1.54, 1.807) is 91.9 Å². The number of rotatable bonds is 9. The standard InChI is InChI=1S/C26H19Cl2N9O2/c1-16(32-37-26(39)24(15-30)36-34-22-12-6-19(28)7-13-22)17-2-8-20(9-3-17)31-25(38)23(14-29)35-33-21-10-4-18(27)5-11-21/h2-13,33-34H,1H3,(H,31,38)(H,37,39)/b32-16+,35-23+,36-24+. The Kier molecular flexibility index (Phi) is 10.1. The number of nitriles is 2. The van der Waals surface area contributed by atoms with Crippen molar-refractivity contribution in [2.24, 2.45) is 15.3 Å². The van der Waals surface area contributed by atoms with E-state index in [-0.39, 0.29) is 5.71 Å². The van der Waals surface area contributed by atoms with Crippen LogP contribution in [0.25, 0.3) is 0 Å². The molecule has 2 amide bonds. The van der Waals surface area contributed by atoms with Gasteiger partial charge < -0.3 is 5.32 Å². The molecule has 3 aromatic rings. The van der Waals surface area contributed by atoms with Gasteiger partial charge in [-0.05, 0) is 73.2 Å². The van der Waals surface area contributed by atoms with Gasteiger partial charge in [0.1, 0.15) is 12.1 Å². The maximum Gasteiger partial charge on any atom is 0.302 e. The van der Waals surface area contributed by atoms with Gasteiger partial charge in [-0.1, -0.05) is 35.3 Å². The Morgan fingerprint density at radius 2 is 1.10 bits per heavy atom. The zero-order valence-electron chi connectivity index (χ0n) is 20.2. The molecule has 0 fully saturated rings. The fourth-order valence-electron chi connectivity index (χ4n) is 2.78. The molecule has 3 aromatic carbocycles. The zero-order valence-corrected chi connectivity index (χ0v) is 21.7. The summed E-state index contributed by atoms with van der Waals surface area (Å²) >= 11 is 11.7. The highest BCUT2D eigenvalue weighted by atomic mass is 35.5. The van der Waals surface area contributed by atoms with E-state index in [0.717, 1.165) is 0 Å². The molecule has 0 unspecified atom stereocenters. The van der Waals surface area contributed by atoms with Gasteiger partial charge in [0.25, 0.3) is 5.91 Å². The van der Waals surface area contributed by atoms with Crippen molar-refractivity contribution in [3.05, 3.63) is 88.4 Å². The average molecular weight is 560 g/mol. The molecule has 0 aliphatic carbocycles. The van der Waals surface area contributed by atoms with Crippen molar-refractivity contribution in [1.82, 2.24) is 5.43 Å². The first-order chi connectivity index (χ1) is 18.8. The maximum atomic E-state index is 12.4. The van der Waals surface area contributed by atoms with E-state index in [0.29, 0.717) is 38.4 Å². The van der Waals surface area contributed by atoms with Gasteiger partial charge in [0.15, 0.2) is 0 Å². The number of carbonyl (C=O) groups excluding carboxylic acids is 2. The van der Waals surface area contributed by atoms with E-state index in [2.05, 4.69) is 36.9 Å². The van der Waals surface area contributed by atoms with Gasteiger partial charge in [0.2, 0.25) is 11.4 Å². The van der Waals surface area contributed by atoms with Crippen LogP contribution < -0.4 is 21.6 Å². The Balaban J connectivity index is 1.58. The minimum Gasteiger partial charge on any atom is -0.320 e. The van der Waals surface area contributed by atoms with Crippen molar-refractivity contribution < 1.29 is 9.59 Å². The number of carbonyl (C=O) groups is 2. The molecule has 0 spiro atoms. The lowest BCUT2D eigenvalue weighted by molar-refractivity contribution is -0.114. The third-order valence-corrected chi connectivity index (χ3v) is 5.31. The van der Waals surface area contributed by atoms with E-state index in [4.69, 9.17) is 23.2 Å². The molecular weight excluding hydrogens is 541 g/mol. The molecular formula is C26H19Cl2N9O2. The van der Waals surface area contributed by atoms with Crippen LogP contribution >= 0.6 is 23.2 Å². The van der Waals surface area contributed by atoms with Crippen molar-refractivity contribution in [1.29, 1.82) is 10.5 Å². The summed E-state index contributed by atoms with van der Waals surface area (Å²) in [6, 6.07) is 23.0. The molecule has 11 nitrogen and oxygen atoms in total. The number of nitrogens with one attached hydrogen (secondary N) is 4. The van der Waals surface area contributed by atoms with Crippen molar-refractivity contribution in [2.75, 3.05) is 16.2 Å². The van der Waals surface area contributed by atoms with Gasteiger partial charge in [0.05, 0.1) is 17.1 Å². The minimum absolute atomic E-state index is 0.380. The Morgan fingerprint density at radius 1 is 0.667 bits per heavy atom. The van der Waals surface area contributed by atoms with E-state index >= 15 is 0 Å². The van der Waals surface area contributed by atoms with Crippen LogP contribution in [0.15, 0.2) is 88.1 Å². The van der Waals surface area contributed by atoms with E-state index in [1.165, 1.54) is 0 Å². The largest absolute Gasteiger partial charge is 0.320 e. The molecule has 0 saturated carbocycles. The second-order valence-corrected chi connectivity index (χ2v) is 8.42. The number of amides is 2. The predicted octanol–water partition coefficient (Wildman–Crippen LogP) is 4.76. The average Bonchev–Trinajstić information content (AvgIpc) is 2.94. The van der Waals surface area contributed by atoms with Crippen molar-refractivity contribution in [3.8, 4) is 12.1 Å². The van der Waals surface area contributed by atoms with Gasteiger partial charge in [-0.2, -0.15) is 25.8 Å². The van der Waals surface area contributed by atoms with Crippen molar-refractivity contribution >= 4 is 69.2 Å². The molecule has 0 heterocycles. The minimum atomic E-state index is -0.808. The highest BCUT2D eigenvalue weighted by Crippen LogP contribution is 2.15. The second-order valence-electron chi connectivity index (χ2n) is 7.55. The number of halogens is 2. The third-order valence-electron chi connectivity index (χ3n) is 4.81. The molecule has 0 saturated heterocycles. The molecule has 39 heavy (non-hydrogen) atoms. The molecule has 0 aromatic heterocycles. The first-order valence-electron chi connectivity index (χ1n) is 11.0. The van der Waals surface area contributed by atoms with Crippen LogP contribution in [0.2, 0.25) is 10.0 Å². The monoisotopic (exact) mass is 559 g/mol. The van der Waals surface area contributed by atoms with Crippen LogP contribution in [0.4, 0.5) is 17.1 Å². The lowest BCUT2D eigenvalue weighted by Gasteiger charge is -2.07. The molecule has 4 N–H and O–H groups in total. The summed E-state index contributed by atoms with van der Waals surface area (Å²) in [5.41, 5.74) is 9.24. The summed E-state index contributed by atoms with van der Waals surface area (Å²) in [7, 11) is 0. The van der Waals surface area contributed by atoms with Crippen LogP contribution in [0.5, 0.6) is 0 Å². The smallest absolute Gasteiger partial charge is 0.302 e. The van der Waals surface area contributed by atoms with E-state index in [9.17, 15) is 20.1 Å². The zero-order chi connectivity index (χ0) is 28.2. The summed E-state index contributed by atoms with van der Waals surface area (Å²) in [5, 5.41) is 33.8. The summed E-state index contributed by atoms with van der Waals surface area (Å²) in [6.45, 7) is 1.64. The highest BCUT2D eigenvalue weighted by molar-refractivity contribution is 6.48. The summed E-state index contributed by atoms with van der Waals surface area (Å²) < 4.78 is 0. The molecule has 194 valence electrons. The van der Waals surface area contributed by atoms with Gasteiger partial charge in [0, 0.05) is 15.7 Å². The normalized spacial score (nSPS) is 11.6. The lowest BCUT2D eigenvalue weighted by Crippen LogP contribution is -2.27. The Bertz CT molecular complexity index is 1520. The Morgan fingerprint density at radius 3 is 1.56 bits per heavy atom. The van der Waals surface area contributed by atoms with Gasteiger partial charge in [-0.25, -0.2) is 5.43 Å². The molecule has 0 bridgehead atoms. The van der Waals surface area contributed by atoms with Gasteiger partial charge in [-0.3, -0.25) is 20.4 Å². The quantitative estimate of drug-likeness (QED) is 0.218. The number of benzene rings is 3. The van der Waals surface area contributed by atoms with E-state index in [1.807, 2.05) is 0 Å². The van der Waals surface area contributed by atoms with Crippen LogP contribution in [0.3, 0.4) is 0 Å². The molecule has 13 heteroatoms. The summed E-state index contributed by atoms with van der Waals surface area (Å²) in [6.07, 6.45) is 0.